The number of carbonyl (C=O) groups is 2. The summed E-state index contributed by atoms with van der Waals surface area (Å²) < 4.78 is 33.3. The van der Waals surface area contributed by atoms with Crippen molar-refractivity contribution in [3.8, 4) is 5.75 Å². The zero-order chi connectivity index (χ0) is 20.5. The first-order valence-electron chi connectivity index (χ1n) is 9.57. The molecule has 9 heteroatoms. The second kappa shape index (κ2) is 8.08. The summed E-state index contributed by atoms with van der Waals surface area (Å²) >= 11 is 0. The van der Waals surface area contributed by atoms with Crippen LogP contribution in [0.4, 0.5) is 5.69 Å². The predicted octanol–water partition coefficient (Wildman–Crippen LogP) is 1.64. The summed E-state index contributed by atoms with van der Waals surface area (Å²) in [7, 11) is -3.87. The first kappa shape index (κ1) is 20.6. The van der Waals surface area contributed by atoms with Crippen LogP contribution in [-0.2, 0) is 19.6 Å². The number of fused-ring (bicyclic) bond motifs is 1. The van der Waals surface area contributed by atoms with Crippen molar-refractivity contribution >= 4 is 27.5 Å². The lowest BCUT2D eigenvalue weighted by atomic mass is 10.1. The molecule has 0 spiro atoms. The molecule has 2 amide bonds. The van der Waals surface area contributed by atoms with Gasteiger partial charge in [-0.2, -0.15) is 4.31 Å². The van der Waals surface area contributed by atoms with Gasteiger partial charge in [0.05, 0.1) is 10.6 Å². The lowest BCUT2D eigenvalue weighted by Gasteiger charge is -2.26. The first-order chi connectivity index (χ1) is 13.2. The Morgan fingerprint density at radius 1 is 1.39 bits per heavy atom. The molecule has 1 saturated heterocycles. The third kappa shape index (κ3) is 4.15. The summed E-state index contributed by atoms with van der Waals surface area (Å²) in [6, 6.07) is 2.33. The number of carbonyl (C=O) groups excluding carboxylic acids is 2. The molecule has 1 aromatic rings. The molecule has 0 radical (unpaired) electrons. The molecule has 2 heterocycles. The van der Waals surface area contributed by atoms with E-state index in [1.165, 1.54) is 10.4 Å². The molecular formula is C19H27N3O5S. The second-order valence-corrected chi connectivity index (χ2v) is 9.56. The number of rotatable bonds is 6. The van der Waals surface area contributed by atoms with E-state index in [1.807, 2.05) is 0 Å². The SMILES string of the molecule is Cc1cc2c(cc1S(=O)(=O)N1CCCC1C(=O)NCCC(C)C)OCC(=O)N2. The molecule has 0 bridgehead atoms. The maximum Gasteiger partial charge on any atom is 0.262 e. The van der Waals surface area contributed by atoms with E-state index in [1.54, 1.807) is 13.0 Å². The Kier molecular flexibility index (Phi) is 5.95. The number of nitrogens with zero attached hydrogens (tertiary/aromatic N) is 1. The normalized spacial score (nSPS) is 19.9. The van der Waals surface area contributed by atoms with Crippen LogP contribution >= 0.6 is 0 Å². The van der Waals surface area contributed by atoms with Crippen molar-refractivity contribution in [1.82, 2.24) is 9.62 Å². The number of hydrogen-bond acceptors (Lipinski definition) is 5. The summed E-state index contributed by atoms with van der Waals surface area (Å²) in [5.41, 5.74) is 0.951. The summed E-state index contributed by atoms with van der Waals surface area (Å²) in [4.78, 5) is 24.1. The molecule has 2 aliphatic heterocycles. The van der Waals surface area contributed by atoms with Gasteiger partial charge in [0.1, 0.15) is 11.8 Å². The van der Waals surface area contributed by atoms with E-state index in [0.29, 0.717) is 48.8 Å². The van der Waals surface area contributed by atoms with Gasteiger partial charge in [0.15, 0.2) is 6.61 Å². The monoisotopic (exact) mass is 409 g/mol. The van der Waals surface area contributed by atoms with E-state index < -0.39 is 16.1 Å². The molecule has 3 rings (SSSR count). The highest BCUT2D eigenvalue weighted by atomic mass is 32.2. The molecule has 2 N–H and O–H groups in total. The van der Waals surface area contributed by atoms with Crippen molar-refractivity contribution in [3.05, 3.63) is 17.7 Å². The molecule has 0 aliphatic carbocycles. The van der Waals surface area contributed by atoms with Gasteiger partial charge in [0.25, 0.3) is 5.91 Å². The van der Waals surface area contributed by atoms with Gasteiger partial charge in [-0.3, -0.25) is 9.59 Å². The van der Waals surface area contributed by atoms with Crippen LogP contribution in [0.2, 0.25) is 0 Å². The highest BCUT2D eigenvalue weighted by Crippen LogP contribution is 2.35. The largest absolute Gasteiger partial charge is 0.482 e. The van der Waals surface area contributed by atoms with Crippen molar-refractivity contribution in [2.45, 2.75) is 51.0 Å². The van der Waals surface area contributed by atoms with Gasteiger partial charge in [-0.25, -0.2) is 8.42 Å². The zero-order valence-electron chi connectivity index (χ0n) is 16.4. The number of ether oxygens (including phenoxy) is 1. The van der Waals surface area contributed by atoms with Crippen LogP contribution in [0.25, 0.3) is 0 Å². The third-order valence-corrected chi connectivity index (χ3v) is 7.07. The van der Waals surface area contributed by atoms with Crippen molar-refractivity contribution in [2.75, 3.05) is 25.0 Å². The number of anilines is 1. The molecule has 0 saturated carbocycles. The maximum absolute atomic E-state index is 13.3. The number of benzene rings is 1. The average molecular weight is 410 g/mol. The minimum absolute atomic E-state index is 0.101. The molecule has 2 aliphatic rings. The lowest BCUT2D eigenvalue weighted by molar-refractivity contribution is -0.124. The molecule has 1 atom stereocenters. The van der Waals surface area contributed by atoms with E-state index in [-0.39, 0.29) is 23.3 Å². The van der Waals surface area contributed by atoms with Crippen molar-refractivity contribution in [3.63, 3.8) is 0 Å². The van der Waals surface area contributed by atoms with Crippen LogP contribution < -0.4 is 15.4 Å². The quantitative estimate of drug-likeness (QED) is 0.743. The Morgan fingerprint density at radius 2 is 2.14 bits per heavy atom. The summed E-state index contributed by atoms with van der Waals surface area (Å²) in [5.74, 6) is 0.254. The van der Waals surface area contributed by atoms with Gasteiger partial charge in [-0.05, 0) is 43.7 Å². The summed E-state index contributed by atoms with van der Waals surface area (Å²) in [6.07, 6.45) is 1.99. The molecule has 154 valence electrons. The zero-order valence-corrected chi connectivity index (χ0v) is 17.3. The van der Waals surface area contributed by atoms with Crippen LogP contribution in [0, 0.1) is 12.8 Å². The van der Waals surface area contributed by atoms with Gasteiger partial charge in [0.2, 0.25) is 15.9 Å². The second-order valence-electron chi connectivity index (χ2n) is 7.70. The van der Waals surface area contributed by atoms with E-state index >= 15 is 0 Å². The topological polar surface area (TPSA) is 105 Å². The Morgan fingerprint density at radius 3 is 2.86 bits per heavy atom. The van der Waals surface area contributed by atoms with E-state index in [9.17, 15) is 18.0 Å². The molecule has 0 aromatic heterocycles. The number of sulfonamides is 1. The number of aryl methyl sites for hydroxylation is 1. The van der Waals surface area contributed by atoms with Crippen LogP contribution in [-0.4, -0.2) is 50.3 Å². The van der Waals surface area contributed by atoms with Crippen LogP contribution in [0.1, 0.15) is 38.7 Å². The number of nitrogens with one attached hydrogen (secondary N) is 2. The predicted molar refractivity (Wildman–Crippen MR) is 105 cm³/mol. The number of amides is 2. The Labute approximate surface area is 165 Å². The van der Waals surface area contributed by atoms with Crippen molar-refractivity contribution in [1.29, 1.82) is 0 Å². The molecule has 1 unspecified atom stereocenters. The average Bonchev–Trinajstić information content (AvgIpc) is 3.11. The summed E-state index contributed by atoms with van der Waals surface area (Å²) in [5, 5.41) is 5.53. The minimum Gasteiger partial charge on any atom is -0.482 e. The Bertz CT molecular complexity index is 882. The van der Waals surface area contributed by atoms with Crippen molar-refractivity contribution in [2.24, 2.45) is 5.92 Å². The van der Waals surface area contributed by atoms with Gasteiger partial charge in [-0.1, -0.05) is 13.8 Å². The molecule has 28 heavy (non-hydrogen) atoms. The first-order valence-corrected chi connectivity index (χ1v) is 11.0. The van der Waals surface area contributed by atoms with Gasteiger partial charge >= 0.3 is 0 Å². The minimum atomic E-state index is -3.87. The smallest absolute Gasteiger partial charge is 0.262 e. The van der Waals surface area contributed by atoms with E-state index in [0.717, 1.165) is 6.42 Å². The van der Waals surface area contributed by atoms with Crippen LogP contribution in [0.3, 0.4) is 0 Å². The summed E-state index contributed by atoms with van der Waals surface area (Å²) in [6.45, 7) is 6.50. The molecular weight excluding hydrogens is 382 g/mol. The molecule has 1 fully saturated rings. The standard InChI is InChI=1S/C19H27N3O5S/c1-12(2)6-7-20-19(24)15-5-4-8-22(15)28(25,26)17-10-16-14(9-13(17)3)21-18(23)11-27-16/h9-10,12,15H,4-8,11H2,1-3H3,(H,20,24)(H,21,23). The van der Waals surface area contributed by atoms with Crippen LogP contribution in [0.15, 0.2) is 17.0 Å². The van der Waals surface area contributed by atoms with Gasteiger partial charge < -0.3 is 15.4 Å². The highest BCUT2D eigenvalue weighted by molar-refractivity contribution is 7.89. The van der Waals surface area contributed by atoms with Gasteiger partial charge in [0, 0.05) is 19.2 Å². The fraction of sp³-hybridized carbons (Fsp3) is 0.579. The highest BCUT2D eigenvalue weighted by Gasteiger charge is 2.40. The van der Waals surface area contributed by atoms with Crippen LogP contribution in [0.5, 0.6) is 5.75 Å². The number of hydrogen-bond donors (Lipinski definition) is 2. The Balaban J connectivity index is 1.83. The fourth-order valence-electron chi connectivity index (χ4n) is 3.51. The fourth-order valence-corrected chi connectivity index (χ4v) is 5.39. The Hall–Kier alpha value is -2.13. The van der Waals surface area contributed by atoms with Gasteiger partial charge in [-0.15, -0.1) is 0 Å². The molecule has 8 nitrogen and oxygen atoms in total. The van der Waals surface area contributed by atoms with E-state index in [4.69, 9.17) is 4.74 Å². The van der Waals surface area contributed by atoms with Crippen molar-refractivity contribution < 1.29 is 22.7 Å². The van der Waals surface area contributed by atoms with E-state index in [2.05, 4.69) is 24.5 Å². The molecule has 1 aromatic carbocycles. The maximum atomic E-state index is 13.3. The third-order valence-electron chi connectivity index (χ3n) is 5.02. The lowest BCUT2D eigenvalue weighted by Crippen LogP contribution is -2.46.